The maximum atomic E-state index is 12.8. The summed E-state index contributed by atoms with van der Waals surface area (Å²) in [5.41, 5.74) is -0.490. The van der Waals surface area contributed by atoms with Crippen LogP contribution < -0.4 is 10.6 Å². The number of carbonyl (C=O) groups excluding carboxylic acids is 1. The first-order valence-electron chi connectivity index (χ1n) is 7.96. The normalized spacial score (nSPS) is 24.3. The van der Waals surface area contributed by atoms with E-state index in [1.807, 2.05) is 6.07 Å². The highest BCUT2D eigenvalue weighted by molar-refractivity contribution is 7.92. The Morgan fingerprint density at radius 1 is 1.44 bits per heavy atom. The molecule has 2 aliphatic rings. The third-order valence-electron chi connectivity index (χ3n) is 4.49. The van der Waals surface area contributed by atoms with Crippen molar-refractivity contribution in [3.8, 4) is 6.07 Å². The lowest BCUT2D eigenvalue weighted by molar-refractivity contribution is 0.0876. The predicted octanol–water partition coefficient (Wildman–Crippen LogP) is 0.423. The zero-order chi connectivity index (χ0) is 18.1. The SMILES string of the molecule is N#CC1(NC(=O)O[C@H]2C[C@@H](S(=O)(=O)c3ccccc3CO)CN2)CC1. The van der Waals surface area contributed by atoms with Crippen molar-refractivity contribution in [1.82, 2.24) is 10.6 Å². The summed E-state index contributed by atoms with van der Waals surface area (Å²) in [6.45, 7) is -0.225. The summed E-state index contributed by atoms with van der Waals surface area (Å²) in [6, 6.07) is 8.32. The van der Waals surface area contributed by atoms with Gasteiger partial charge in [0.1, 0.15) is 5.54 Å². The molecule has 1 aromatic rings. The van der Waals surface area contributed by atoms with Gasteiger partial charge in [0.15, 0.2) is 16.1 Å². The van der Waals surface area contributed by atoms with E-state index in [2.05, 4.69) is 10.6 Å². The number of nitrogens with zero attached hydrogens (tertiary/aromatic N) is 1. The Balaban J connectivity index is 1.64. The van der Waals surface area contributed by atoms with Crippen molar-refractivity contribution in [2.75, 3.05) is 6.54 Å². The Morgan fingerprint density at radius 3 is 2.80 bits per heavy atom. The van der Waals surface area contributed by atoms with Crippen molar-refractivity contribution in [1.29, 1.82) is 5.26 Å². The number of nitriles is 1. The van der Waals surface area contributed by atoms with Gasteiger partial charge in [-0.05, 0) is 24.5 Å². The van der Waals surface area contributed by atoms with E-state index in [1.165, 1.54) is 6.07 Å². The fourth-order valence-electron chi connectivity index (χ4n) is 2.83. The Morgan fingerprint density at radius 2 is 2.16 bits per heavy atom. The molecule has 3 rings (SSSR count). The van der Waals surface area contributed by atoms with Gasteiger partial charge in [0.2, 0.25) is 0 Å². The molecule has 0 radical (unpaired) electrons. The van der Waals surface area contributed by atoms with Crippen LogP contribution in [0.5, 0.6) is 0 Å². The van der Waals surface area contributed by atoms with Crippen molar-refractivity contribution < 1.29 is 23.1 Å². The largest absolute Gasteiger partial charge is 0.430 e. The fourth-order valence-corrected chi connectivity index (χ4v) is 4.70. The second-order valence-corrected chi connectivity index (χ2v) is 8.49. The predicted molar refractivity (Wildman–Crippen MR) is 86.9 cm³/mol. The average Bonchev–Trinajstić information content (AvgIpc) is 3.21. The summed E-state index contributed by atoms with van der Waals surface area (Å²) in [6.07, 6.45) is -0.187. The van der Waals surface area contributed by atoms with Gasteiger partial charge in [0, 0.05) is 13.0 Å². The minimum atomic E-state index is -3.66. The number of nitrogens with one attached hydrogen (secondary N) is 2. The monoisotopic (exact) mass is 365 g/mol. The van der Waals surface area contributed by atoms with Crippen LogP contribution in [0.25, 0.3) is 0 Å². The number of sulfone groups is 1. The maximum Gasteiger partial charge on any atom is 0.409 e. The number of hydrogen-bond acceptors (Lipinski definition) is 7. The second kappa shape index (κ2) is 6.63. The quantitative estimate of drug-likeness (QED) is 0.690. The van der Waals surface area contributed by atoms with E-state index in [4.69, 9.17) is 10.00 Å². The molecule has 1 aromatic carbocycles. The highest BCUT2D eigenvalue weighted by Gasteiger charge is 2.46. The molecule has 2 atom stereocenters. The summed E-state index contributed by atoms with van der Waals surface area (Å²) in [4.78, 5) is 11.9. The molecule has 0 aromatic heterocycles. The van der Waals surface area contributed by atoms with Gasteiger partial charge < -0.3 is 15.2 Å². The van der Waals surface area contributed by atoms with E-state index in [0.717, 1.165) is 0 Å². The molecular formula is C16H19N3O5S. The highest BCUT2D eigenvalue weighted by atomic mass is 32.2. The van der Waals surface area contributed by atoms with Gasteiger partial charge in [0.05, 0.1) is 22.8 Å². The number of aliphatic hydroxyl groups excluding tert-OH is 1. The van der Waals surface area contributed by atoms with Crippen LogP contribution >= 0.6 is 0 Å². The molecule has 134 valence electrons. The van der Waals surface area contributed by atoms with Gasteiger partial charge in [-0.1, -0.05) is 18.2 Å². The molecule has 0 spiro atoms. The summed E-state index contributed by atoms with van der Waals surface area (Å²) < 4.78 is 30.7. The number of hydrogen-bond donors (Lipinski definition) is 3. The number of benzene rings is 1. The zero-order valence-electron chi connectivity index (χ0n) is 13.4. The van der Waals surface area contributed by atoms with Crippen molar-refractivity contribution in [3.63, 3.8) is 0 Å². The van der Waals surface area contributed by atoms with Crippen LogP contribution in [-0.2, 0) is 21.2 Å². The van der Waals surface area contributed by atoms with Gasteiger partial charge in [-0.2, -0.15) is 5.26 Å². The summed E-state index contributed by atoms with van der Waals surface area (Å²) in [5.74, 6) is 0. The molecule has 8 nitrogen and oxygen atoms in total. The minimum absolute atomic E-state index is 0.0933. The molecule has 0 bridgehead atoms. The van der Waals surface area contributed by atoms with Crippen LogP contribution in [0.1, 0.15) is 24.8 Å². The van der Waals surface area contributed by atoms with Gasteiger partial charge >= 0.3 is 6.09 Å². The zero-order valence-corrected chi connectivity index (χ0v) is 14.3. The average molecular weight is 365 g/mol. The molecule has 1 saturated carbocycles. The lowest BCUT2D eigenvalue weighted by Crippen LogP contribution is -2.40. The standard InChI is InChI=1S/C16H19N3O5S/c17-10-16(5-6-16)19-15(21)24-14-7-12(8-18-14)25(22,23)13-4-2-1-3-11(13)9-20/h1-4,12,14,18,20H,5-9H2,(H,19,21)/t12-,14+/m1/s1. The number of carbonyl (C=O) groups is 1. The Bertz CT molecular complexity index is 813. The van der Waals surface area contributed by atoms with Crippen molar-refractivity contribution in [3.05, 3.63) is 29.8 Å². The Labute approximate surface area is 145 Å². The van der Waals surface area contributed by atoms with E-state index >= 15 is 0 Å². The molecule has 25 heavy (non-hydrogen) atoms. The Kier molecular flexibility index (Phi) is 4.69. The van der Waals surface area contributed by atoms with Crippen LogP contribution in [-0.4, -0.2) is 43.2 Å². The lowest BCUT2D eigenvalue weighted by Gasteiger charge is -2.16. The van der Waals surface area contributed by atoms with Crippen LogP contribution in [0, 0.1) is 11.3 Å². The van der Waals surface area contributed by atoms with Crippen molar-refractivity contribution in [2.24, 2.45) is 0 Å². The summed E-state index contributed by atoms with van der Waals surface area (Å²) >= 11 is 0. The fraction of sp³-hybridized carbons (Fsp3) is 0.500. The summed E-state index contributed by atoms with van der Waals surface area (Å²) in [5, 5.41) is 22.9. The number of rotatable bonds is 5. The molecule has 3 N–H and O–H groups in total. The summed E-state index contributed by atoms with van der Waals surface area (Å²) in [7, 11) is -3.66. The number of ether oxygens (including phenoxy) is 1. The first-order valence-corrected chi connectivity index (χ1v) is 9.51. The van der Waals surface area contributed by atoms with E-state index in [0.29, 0.717) is 18.4 Å². The molecule has 1 amide bonds. The Hall–Kier alpha value is -2.15. The molecule has 1 heterocycles. The topological polar surface area (TPSA) is 129 Å². The molecule has 2 fully saturated rings. The third kappa shape index (κ3) is 3.61. The van der Waals surface area contributed by atoms with Gasteiger partial charge in [-0.25, -0.2) is 13.2 Å². The maximum absolute atomic E-state index is 12.8. The van der Waals surface area contributed by atoms with E-state index < -0.39 is 32.9 Å². The van der Waals surface area contributed by atoms with Crippen LogP contribution in [0.4, 0.5) is 4.79 Å². The molecule has 1 aliphatic carbocycles. The number of aliphatic hydroxyl groups is 1. The van der Waals surface area contributed by atoms with Crippen LogP contribution in [0.3, 0.4) is 0 Å². The van der Waals surface area contributed by atoms with Gasteiger partial charge in [0.25, 0.3) is 0 Å². The number of alkyl carbamates (subject to hydrolysis) is 1. The van der Waals surface area contributed by atoms with Crippen LogP contribution in [0.2, 0.25) is 0 Å². The van der Waals surface area contributed by atoms with E-state index in [9.17, 15) is 18.3 Å². The molecule has 0 unspecified atom stereocenters. The molecule has 9 heteroatoms. The first kappa shape index (κ1) is 17.7. The van der Waals surface area contributed by atoms with Crippen molar-refractivity contribution >= 4 is 15.9 Å². The highest BCUT2D eigenvalue weighted by Crippen LogP contribution is 2.34. The number of amides is 1. The molecule has 1 aliphatic heterocycles. The van der Waals surface area contributed by atoms with Crippen LogP contribution in [0.15, 0.2) is 29.2 Å². The minimum Gasteiger partial charge on any atom is -0.430 e. The lowest BCUT2D eigenvalue weighted by atomic mass is 10.2. The molecule has 1 saturated heterocycles. The molecular weight excluding hydrogens is 346 g/mol. The van der Waals surface area contributed by atoms with E-state index in [1.54, 1.807) is 18.2 Å². The smallest absolute Gasteiger partial charge is 0.409 e. The van der Waals surface area contributed by atoms with Gasteiger partial charge in [-0.15, -0.1) is 0 Å². The first-order chi connectivity index (χ1) is 11.9. The second-order valence-electron chi connectivity index (χ2n) is 6.29. The third-order valence-corrected chi connectivity index (χ3v) is 6.74. The van der Waals surface area contributed by atoms with Gasteiger partial charge in [-0.3, -0.25) is 5.32 Å². The van der Waals surface area contributed by atoms with E-state index in [-0.39, 0.29) is 24.5 Å². The van der Waals surface area contributed by atoms with Crippen molar-refractivity contribution in [2.45, 2.75) is 47.8 Å².